The summed E-state index contributed by atoms with van der Waals surface area (Å²) in [5.74, 6) is -1.15. The molecule has 0 aromatic carbocycles. The van der Waals surface area contributed by atoms with Gasteiger partial charge in [0.25, 0.3) is 0 Å². The fourth-order valence-electron chi connectivity index (χ4n) is 7.26. The molecular formula is C67H104O6. The fourth-order valence-corrected chi connectivity index (χ4v) is 7.26. The number of ether oxygens (including phenoxy) is 3. The Morgan fingerprint density at radius 3 is 1.00 bits per heavy atom. The van der Waals surface area contributed by atoms with Crippen LogP contribution in [0.15, 0.2) is 158 Å². The van der Waals surface area contributed by atoms with Gasteiger partial charge in [-0.05, 0) is 122 Å². The maximum Gasteiger partial charge on any atom is 0.309 e. The van der Waals surface area contributed by atoms with Crippen LogP contribution in [-0.2, 0) is 28.6 Å². The van der Waals surface area contributed by atoms with E-state index >= 15 is 0 Å². The van der Waals surface area contributed by atoms with Gasteiger partial charge in [0.1, 0.15) is 13.2 Å². The third-order valence-electron chi connectivity index (χ3n) is 11.5. The molecule has 0 radical (unpaired) electrons. The Hall–Kier alpha value is -4.97. The highest BCUT2D eigenvalue weighted by Crippen LogP contribution is 2.13. The summed E-state index contributed by atoms with van der Waals surface area (Å²) >= 11 is 0. The predicted molar refractivity (Wildman–Crippen MR) is 315 cm³/mol. The van der Waals surface area contributed by atoms with Crippen LogP contribution in [0.25, 0.3) is 0 Å². The Morgan fingerprint density at radius 1 is 0.301 bits per heavy atom. The maximum absolute atomic E-state index is 12.8. The molecule has 0 spiro atoms. The Bertz CT molecular complexity index is 1670. The number of hydrogen-bond acceptors (Lipinski definition) is 6. The molecule has 0 aromatic rings. The van der Waals surface area contributed by atoms with Crippen molar-refractivity contribution in [2.75, 3.05) is 13.2 Å². The van der Waals surface area contributed by atoms with Crippen LogP contribution >= 0.6 is 0 Å². The first kappa shape index (κ1) is 68.0. The van der Waals surface area contributed by atoms with E-state index in [9.17, 15) is 14.4 Å². The maximum atomic E-state index is 12.8. The van der Waals surface area contributed by atoms with E-state index in [1.165, 1.54) is 70.6 Å². The second-order valence-corrected chi connectivity index (χ2v) is 18.4. The zero-order valence-corrected chi connectivity index (χ0v) is 46.6. The molecule has 0 N–H and O–H groups in total. The highest BCUT2D eigenvalue weighted by Gasteiger charge is 2.19. The lowest BCUT2D eigenvalue weighted by molar-refractivity contribution is -0.166. The second-order valence-electron chi connectivity index (χ2n) is 18.4. The van der Waals surface area contributed by atoms with Gasteiger partial charge >= 0.3 is 17.9 Å². The van der Waals surface area contributed by atoms with E-state index in [4.69, 9.17) is 14.2 Å². The van der Waals surface area contributed by atoms with E-state index in [0.29, 0.717) is 12.8 Å². The van der Waals surface area contributed by atoms with Crippen molar-refractivity contribution in [3.8, 4) is 0 Å². The van der Waals surface area contributed by atoms with E-state index in [2.05, 4.69) is 167 Å². The number of esters is 3. The lowest BCUT2D eigenvalue weighted by atomic mass is 10.1. The average Bonchev–Trinajstić information content (AvgIpc) is 3.39. The summed E-state index contributed by atoms with van der Waals surface area (Å²) < 4.78 is 16.7. The SMILES string of the molecule is CC/C=C\C/C=C\C/C=C\C/C=C\C/C=C\CCCC(=O)OC(COC(=O)C/C=C\C/C=C\C/C=C\C/C=C\C/C=C\CC)COC(=O)CCCCCCCCCC/C=C\C/C=C\C/C=C\CCCCCCC. The number of hydrogen-bond donors (Lipinski definition) is 0. The minimum atomic E-state index is -0.859. The van der Waals surface area contributed by atoms with Gasteiger partial charge in [-0.25, -0.2) is 0 Å². The minimum absolute atomic E-state index is 0.106. The molecule has 0 aliphatic rings. The van der Waals surface area contributed by atoms with Crippen LogP contribution in [0.5, 0.6) is 0 Å². The molecule has 0 saturated carbocycles. The van der Waals surface area contributed by atoms with E-state index in [1.807, 2.05) is 6.08 Å². The van der Waals surface area contributed by atoms with Crippen molar-refractivity contribution in [3.05, 3.63) is 158 Å². The first-order chi connectivity index (χ1) is 36.0. The van der Waals surface area contributed by atoms with Gasteiger partial charge in [-0.15, -0.1) is 0 Å². The van der Waals surface area contributed by atoms with E-state index in [-0.39, 0.29) is 32.0 Å². The number of carbonyl (C=O) groups is 3. The van der Waals surface area contributed by atoms with Gasteiger partial charge in [0.05, 0.1) is 6.42 Å². The molecule has 0 bridgehead atoms. The average molecular weight is 1010 g/mol. The lowest BCUT2D eigenvalue weighted by Crippen LogP contribution is -2.30. The monoisotopic (exact) mass is 1000 g/mol. The molecule has 0 rings (SSSR count). The van der Waals surface area contributed by atoms with Gasteiger partial charge in [-0.2, -0.15) is 0 Å². The number of carbonyl (C=O) groups excluding carboxylic acids is 3. The molecule has 1 unspecified atom stereocenters. The largest absolute Gasteiger partial charge is 0.462 e. The van der Waals surface area contributed by atoms with Crippen molar-refractivity contribution < 1.29 is 28.6 Å². The summed E-state index contributed by atoms with van der Waals surface area (Å²) in [5.41, 5.74) is 0. The predicted octanol–water partition coefficient (Wildman–Crippen LogP) is 19.8. The first-order valence-corrected chi connectivity index (χ1v) is 29.0. The normalized spacial score (nSPS) is 13.3. The van der Waals surface area contributed by atoms with Crippen LogP contribution in [0.4, 0.5) is 0 Å². The van der Waals surface area contributed by atoms with Gasteiger partial charge < -0.3 is 14.2 Å². The Balaban J connectivity index is 4.57. The molecule has 1 atom stereocenters. The standard InChI is InChI=1S/C67H104O6/c1-4-7-10-13-16-19-22-25-28-30-31-32-33-34-35-37-39-42-45-48-51-54-57-60-66(69)72-63-64(62-71-65(68)59-56-53-50-47-44-41-38-27-24-21-18-15-12-9-6-3)73-67(70)61-58-55-52-49-46-43-40-36-29-26-23-20-17-14-11-8-5-2/h8-9,11-12,17-18,20-22,25-27,29-31,33-34,38,40,43-44,47,49,52-53,56,64H,4-7,10,13-16,19,23-24,28,32,35-37,39,41-42,45-46,48,50-51,54-55,57-63H2,1-3H3/b11-8-,12-9-,20-17-,21-18-,25-22-,29-26-,31-30-,34-33-,38-27-,43-40-,47-44-,52-49-,56-53-. The van der Waals surface area contributed by atoms with Gasteiger partial charge in [-0.3, -0.25) is 14.4 Å². The van der Waals surface area contributed by atoms with Crippen molar-refractivity contribution >= 4 is 17.9 Å². The second kappa shape index (κ2) is 59.6. The quantitative estimate of drug-likeness (QED) is 0.0261. The highest BCUT2D eigenvalue weighted by molar-refractivity contribution is 5.72. The summed E-state index contributed by atoms with van der Waals surface area (Å²) in [6.45, 7) is 6.24. The van der Waals surface area contributed by atoms with Crippen molar-refractivity contribution in [1.82, 2.24) is 0 Å². The van der Waals surface area contributed by atoms with Gasteiger partial charge in [0, 0.05) is 12.8 Å². The molecule has 0 fully saturated rings. The molecule has 0 aromatic heterocycles. The van der Waals surface area contributed by atoms with E-state index in [0.717, 1.165) is 109 Å². The molecule has 408 valence electrons. The summed E-state index contributed by atoms with van der Waals surface area (Å²) in [5, 5.41) is 0. The zero-order valence-electron chi connectivity index (χ0n) is 46.6. The molecule has 6 heteroatoms. The van der Waals surface area contributed by atoms with Crippen molar-refractivity contribution in [3.63, 3.8) is 0 Å². The third kappa shape index (κ3) is 57.8. The fraction of sp³-hybridized carbons (Fsp3) is 0.567. The van der Waals surface area contributed by atoms with Crippen LogP contribution in [0, 0.1) is 0 Å². The topological polar surface area (TPSA) is 78.9 Å². The Morgan fingerprint density at radius 2 is 0.603 bits per heavy atom. The molecule has 0 heterocycles. The zero-order chi connectivity index (χ0) is 52.9. The Labute approximate surface area is 448 Å². The van der Waals surface area contributed by atoms with Crippen LogP contribution in [0.1, 0.15) is 226 Å². The molecule has 73 heavy (non-hydrogen) atoms. The molecule has 0 saturated heterocycles. The molecule has 0 aliphatic heterocycles. The summed E-state index contributed by atoms with van der Waals surface area (Å²) in [6.07, 6.45) is 87.0. The van der Waals surface area contributed by atoms with Crippen LogP contribution in [-0.4, -0.2) is 37.2 Å². The van der Waals surface area contributed by atoms with Gasteiger partial charge in [-0.1, -0.05) is 243 Å². The highest BCUT2D eigenvalue weighted by atomic mass is 16.6. The van der Waals surface area contributed by atoms with Crippen LogP contribution in [0.3, 0.4) is 0 Å². The van der Waals surface area contributed by atoms with Crippen molar-refractivity contribution in [2.24, 2.45) is 0 Å². The van der Waals surface area contributed by atoms with Crippen LogP contribution < -0.4 is 0 Å². The molecule has 0 aliphatic carbocycles. The third-order valence-corrected chi connectivity index (χ3v) is 11.5. The number of unbranched alkanes of at least 4 members (excludes halogenated alkanes) is 14. The Kier molecular flexibility index (Phi) is 55.5. The number of allylic oxidation sites excluding steroid dienone is 25. The molecule has 6 nitrogen and oxygen atoms in total. The first-order valence-electron chi connectivity index (χ1n) is 29.0. The summed E-state index contributed by atoms with van der Waals surface area (Å²) in [6, 6.07) is 0. The lowest BCUT2D eigenvalue weighted by Gasteiger charge is -2.18. The van der Waals surface area contributed by atoms with Crippen molar-refractivity contribution in [2.45, 2.75) is 232 Å². The minimum Gasteiger partial charge on any atom is -0.462 e. The van der Waals surface area contributed by atoms with Crippen LogP contribution in [0.2, 0.25) is 0 Å². The molecular weight excluding hydrogens is 901 g/mol. The molecule has 0 amide bonds. The van der Waals surface area contributed by atoms with E-state index < -0.39 is 18.0 Å². The van der Waals surface area contributed by atoms with Gasteiger partial charge in [0.2, 0.25) is 0 Å². The van der Waals surface area contributed by atoms with Gasteiger partial charge in [0.15, 0.2) is 6.10 Å². The summed E-state index contributed by atoms with van der Waals surface area (Å²) in [7, 11) is 0. The van der Waals surface area contributed by atoms with Crippen molar-refractivity contribution in [1.29, 1.82) is 0 Å². The number of rotatable bonds is 50. The van der Waals surface area contributed by atoms with E-state index in [1.54, 1.807) is 6.08 Å². The summed E-state index contributed by atoms with van der Waals surface area (Å²) in [4.78, 5) is 38.1. The smallest absolute Gasteiger partial charge is 0.309 e.